The number of hydrogen-bond donors (Lipinski definition) is 0. The topological polar surface area (TPSA) is 73.8 Å². The molecule has 6 nitrogen and oxygen atoms in total. The third-order valence-electron chi connectivity index (χ3n) is 2.72. The van der Waals surface area contributed by atoms with E-state index in [4.69, 9.17) is 0 Å². The van der Waals surface area contributed by atoms with Crippen LogP contribution in [-0.2, 0) is 0 Å². The van der Waals surface area contributed by atoms with Crippen LogP contribution in [0.4, 0.5) is 5.69 Å². The Balaban J connectivity index is 2.66. The van der Waals surface area contributed by atoms with Crippen LogP contribution in [0.15, 0.2) is 24.5 Å². The minimum absolute atomic E-state index is 0.0514. The van der Waals surface area contributed by atoms with Crippen LogP contribution in [0.5, 0.6) is 0 Å². The molecule has 0 amide bonds. The highest BCUT2D eigenvalue weighted by molar-refractivity contribution is 5.69. The lowest BCUT2D eigenvalue weighted by Gasteiger charge is -2.10. The predicted molar refractivity (Wildman–Crippen MR) is 67.2 cm³/mol. The summed E-state index contributed by atoms with van der Waals surface area (Å²) in [6.07, 6.45) is 1.59. The number of rotatable bonds is 3. The first-order chi connectivity index (χ1) is 8.50. The minimum Gasteiger partial charge on any atom is -0.311 e. The zero-order valence-electron chi connectivity index (χ0n) is 10.5. The Morgan fingerprint density at radius 1 is 1.39 bits per heavy atom. The average Bonchev–Trinajstić information content (AvgIpc) is 2.77. The van der Waals surface area contributed by atoms with Gasteiger partial charge in [-0.25, -0.2) is 0 Å². The lowest BCUT2D eigenvalue weighted by molar-refractivity contribution is -0.384. The molecule has 0 bridgehead atoms. The van der Waals surface area contributed by atoms with Gasteiger partial charge in [0.1, 0.15) is 6.33 Å². The lowest BCUT2D eigenvalue weighted by Crippen LogP contribution is -2.03. The minimum atomic E-state index is -0.395. The number of aryl methyl sites for hydroxylation is 1. The van der Waals surface area contributed by atoms with E-state index in [0.717, 1.165) is 5.56 Å². The zero-order chi connectivity index (χ0) is 13.3. The van der Waals surface area contributed by atoms with Crippen LogP contribution in [0, 0.1) is 17.0 Å². The normalized spacial score (nSPS) is 10.9. The molecule has 0 saturated carbocycles. The smallest absolute Gasteiger partial charge is 0.280 e. The molecule has 0 unspecified atom stereocenters. The quantitative estimate of drug-likeness (QED) is 0.616. The molecule has 0 N–H and O–H groups in total. The van der Waals surface area contributed by atoms with Gasteiger partial charge in [0, 0.05) is 12.1 Å². The van der Waals surface area contributed by atoms with E-state index < -0.39 is 4.92 Å². The van der Waals surface area contributed by atoms with Gasteiger partial charge in [-0.2, -0.15) is 0 Å². The number of nitro groups is 1. The molecule has 2 aromatic rings. The van der Waals surface area contributed by atoms with E-state index in [9.17, 15) is 10.1 Å². The highest BCUT2D eigenvalue weighted by atomic mass is 16.6. The molecule has 94 valence electrons. The van der Waals surface area contributed by atoms with E-state index in [-0.39, 0.29) is 11.7 Å². The first-order valence-electron chi connectivity index (χ1n) is 5.65. The maximum absolute atomic E-state index is 11.1. The molecule has 1 aromatic carbocycles. The van der Waals surface area contributed by atoms with Gasteiger partial charge in [-0.3, -0.25) is 10.1 Å². The van der Waals surface area contributed by atoms with E-state index in [0.29, 0.717) is 11.4 Å². The fourth-order valence-electron chi connectivity index (χ4n) is 1.80. The summed E-state index contributed by atoms with van der Waals surface area (Å²) in [6.45, 7) is 5.85. The van der Waals surface area contributed by atoms with E-state index >= 15 is 0 Å². The molecule has 0 aliphatic rings. The van der Waals surface area contributed by atoms with Crippen molar-refractivity contribution in [1.29, 1.82) is 0 Å². The Morgan fingerprint density at radius 3 is 2.72 bits per heavy atom. The van der Waals surface area contributed by atoms with Crippen molar-refractivity contribution in [3.8, 4) is 11.4 Å². The van der Waals surface area contributed by atoms with Crippen LogP contribution >= 0.6 is 0 Å². The number of nitrogens with zero attached hydrogens (tertiary/aromatic N) is 4. The van der Waals surface area contributed by atoms with Crippen LogP contribution in [0.2, 0.25) is 0 Å². The van der Waals surface area contributed by atoms with Crippen molar-refractivity contribution in [2.45, 2.75) is 26.8 Å². The standard InChI is InChI=1S/C12H14N4O2/c1-8(2)15-7-13-14-12(15)10-6-9(3)4-5-11(10)16(17)18/h4-8H,1-3H3. The lowest BCUT2D eigenvalue weighted by atomic mass is 10.1. The molecule has 2 rings (SSSR count). The Morgan fingerprint density at radius 2 is 2.11 bits per heavy atom. The van der Waals surface area contributed by atoms with Crippen molar-refractivity contribution in [3.63, 3.8) is 0 Å². The van der Waals surface area contributed by atoms with Gasteiger partial charge in [0.05, 0.1) is 10.5 Å². The summed E-state index contributed by atoms with van der Waals surface area (Å²) in [6, 6.07) is 5.14. The first kappa shape index (κ1) is 12.2. The van der Waals surface area contributed by atoms with E-state index in [1.807, 2.05) is 25.3 Å². The summed E-state index contributed by atoms with van der Waals surface area (Å²) in [5.41, 5.74) is 1.51. The fourth-order valence-corrected chi connectivity index (χ4v) is 1.80. The van der Waals surface area contributed by atoms with E-state index in [1.165, 1.54) is 6.07 Å². The van der Waals surface area contributed by atoms with Gasteiger partial charge >= 0.3 is 0 Å². The largest absolute Gasteiger partial charge is 0.311 e. The van der Waals surface area contributed by atoms with Crippen LogP contribution in [0.25, 0.3) is 11.4 Å². The summed E-state index contributed by atoms with van der Waals surface area (Å²) >= 11 is 0. The number of aromatic nitrogens is 3. The van der Waals surface area contributed by atoms with Crippen molar-refractivity contribution in [2.75, 3.05) is 0 Å². The summed E-state index contributed by atoms with van der Waals surface area (Å²) in [5.74, 6) is 0.528. The Bertz CT molecular complexity index is 590. The number of nitro benzene ring substituents is 1. The van der Waals surface area contributed by atoms with E-state index in [1.54, 1.807) is 18.5 Å². The number of benzene rings is 1. The molecule has 0 atom stereocenters. The SMILES string of the molecule is Cc1ccc([N+](=O)[O-])c(-c2nncn2C(C)C)c1. The van der Waals surface area contributed by atoms with Crippen molar-refractivity contribution in [3.05, 3.63) is 40.2 Å². The molecule has 18 heavy (non-hydrogen) atoms. The van der Waals surface area contributed by atoms with Gasteiger partial charge in [-0.1, -0.05) is 6.07 Å². The molecule has 1 aromatic heterocycles. The van der Waals surface area contributed by atoms with Crippen LogP contribution < -0.4 is 0 Å². The second kappa shape index (κ2) is 4.56. The molecule has 0 fully saturated rings. The van der Waals surface area contributed by atoms with Gasteiger partial charge in [0.15, 0.2) is 5.82 Å². The summed E-state index contributed by atoms with van der Waals surface area (Å²) in [5, 5.41) is 18.9. The summed E-state index contributed by atoms with van der Waals surface area (Å²) in [7, 11) is 0. The van der Waals surface area contributed by atoms with E-state index in [2.05, 4.69) is 10.2 Å². The second-order valence-electron chi connectivity index (χ2n) is 4.43. The van der Waals surface area contributed by atoms with Crippen LogP contribution in [0.1, 0.15) is 25.5 Å². The Labute approximate surface area is 104 Å². The third-order valence-corrected chi connectivity index (χ3v) is 2.72. The number of hydrogen-bond acceptors (Lipinski definition) is 4. The highest BCUT2D eigenvalue weighted by Gasteiger charge is 2.20. The van der Waals surface area contributed by atoms with Gasteiger partial charge in [-0.05, 0) is 32.4 Å². The molecule has 1 heterocycles. The molecule has 0 radical (unpaired) electrons. The Hall–Kier alpha value is -2.24. The Kier molecular flexibility index (Phi) is 3.10. The van der Waals surface area contributed by atoms with Crippen molar-refractivity contribution >= 4 is 5.69 Å². The third kappa shape index (κ3) is 2.09. The maximum atomic E-state index is 11.1. The molecule has 0 spiro atoms. The summed E-state index contributed by atoms with van der Waals surface area (Å²) in [4.78, 5) is 10.7. The van der Waals surface area contributed by atoms with Crippen molar-refractivity contribution in [1.82, 2.24) is 14.8 Å². The predicted octanol–water partition coefficient (Wildman–Crippen LogP) is 2.74. The van der Waals surface area contributed by atoms with Gasteiger partial charge < -0.3 is 4.57 Å². The maximum Gasteiger partial charge on any atom is 0.280 e. The molecule has 0 aliphatic carbocycles. The van der Waals surface area contributed by atoms with Crippen molar-refractivity contribution < 1.29 is 4.92 Å². The average molecular weight is 246 g/mol. The molecule has 6 heteroatoms. The van der Waals surface area contributed by atoms with Crippen LogP contribution in [-0.4, -0.2) is 19.7 Å². The molecule has 0 aliphatic heterocycles. The molecular formula is C12H14N4O2. The second-order valence-corrected chi connectivity index (χ2v) is 4.43. The first-order valence-corrected chi connectivity index (χ1v) is 5.65. The fraction of sp³-hybridized carbons (Fsp3) is 0.333. The van der Waals surface area contributed by atoms with Gasteiger partial charge in [-0.15, -0.1) is 10.2 Å². The monoisotopic (exact) mass is 246 g/mol. The summed E-state index contributed by atoms with van der Waals surface area (Å²) < 4.78 is 1.82. The molecule has 0 saturated heterocycles. The van der Waals surface area contributed by atoms with Crippen molar-refractivity contribution in [2.24, 2.45) is 0 Å². The zero-order valence-corrected chi connectivity index (χ0v) is 10.5. The molecular weight excluding hydrogens is 232 g/mol. The highest BCUT2D eigenvalue weighted by Crippen LogP contribution is 2.30. The van der Waals surface area contributed by atoms with Gasteiger partial charge in [0.25, 0.3) is 5.69 Å². The van der Waals surface area contributed by atoms with Gasteiger partial charge in [0.2, 0.25) is 0 Å². The van der Waals surface area contributed by atoms with Crippen LogP contribution in [0.3, 0.4) is 0 Å².